The number of carbonyl (C=O) groups is 1. The van der Waals surface area contributed by atoms with Gasteiger partial charge in [0.25, 0.3) is 5.91 Å². The molecule has 0 saturated heterocycles. The molecule has 1 aliphatic carbocycles. The van der Waals surface area contributed by atoms with Crippen LogP contribution in [0.3, 0.4) is 0 Å². The number of rotatable bonds is 5. The maximum absolute atomic E-state index is 12.1. The summed E-state index contributed by atoms with van der Waals surface area (Å²) in [4.78, 5) is 13.7. The van der Waals surface area contributed by atoms with E-state index in [1.54, 1.807) is 31.1 Å². The Bertz CT molecular complexity index is 739. The van der Waals surface area contributed by atoms with Gasteiger partial charge in [-0.3, -0.25) is 4.79 Å². The summed E-state index contributed by atoms with van der Waals surface area (Å²) in [6, 6.07) is 13.4. The molecule has 0 aliphatic heterocycles. The minimum absolute atomic E-state index is 0.0323. The third-order valence-electron chi connectivity index (χ3n) is 4.26. The van der Waals surface area contributed by atoms with Gasteiger partial charge in [0.2, 0.25) is 0 Å². The number of nitrogens with zero attached hydrogens (tertiary/aromatic N) is 1. The molecule has 1 aliphatic rings. The predicted molar refractivity (Wildman–Crippen MR) is 93.7 cm³/mol. The summed E-state index contributed by atoms with van der Waals surface area (Å²) < 4.78 is 11.9. The van der Waals surface area contributed by atoms with Crippen LogP contribution in [0.5, 0.6) is 11.5 Å². The number of fused-ring (bicyclic) bond motifs is 1. The van der Waals surface area contributed by atoms with Gasteiger partial charge in [-0.15, -0.1) is 0 Å². The number of hydrogen-bond donors (Lipinski definition) is 0. The lowest BCUT2D eigenvalue weighted by Gasteiger charge is -2.14. The fourth-order valence-electron chi connectivity index (χ4n) is 3.13. The summed E-state index contributed by atoms with van der Waals surface area (Å²) in [6.45, 7) is 2.73. The van der Waals surface area contributed by atoms with Crippen LogP contribution in [0.25, 0.3) is 0 Å². The van der Waals surface area contributed by atoms with Gasteiger partial charge in [0.1, 0.15) is 11.5 Å². The van der Waals surface area contributed by atoms with Crippen molar-refractivity contribution < 1.29 is 14.3 Å². The van der Waals surface area contributed by atoms with Crippen LogP contribution in [0.4, 0.5) is 0 Å². The first kappa shape index (κ1) is 16.5. The van der Waals surface area contributed by atoms with Crippen molar-refractivity contribution in [1.29, 1.82) is 0 Å². The van der Waals surface area contributed by atoms with Crippen LogP contribution in [-0.4, -0.2) is 31.5 Å². The largest absolute Gasteiger partial charge is 0.457 e. The van der Waals surface area contributed by atoms with Gasteiger partial charge in [0.15, 0.2) is 0 Å². The molecule has 0 radical (unpaired) electrons. The summed E-state index contributed by atoms with van der Waals surface area (Å²) in [7, 11) is 3.49. The molecule has 126 valence electrons. The van der Waals surface area contributed by atoms with E-state index in [1.165, 1.54) is 11.1 Å². The Hall–Kier alpha value is -2.33. The standard InChI is InChI=1S/C20H23NO3/c1-4-23-18-12-11-17-16(18)9-6-10-19(17)24-15-8-5-7-14(13-15)20(22)21(2)3/h5-10,13,18H,4,11-12H2,1-3H3/t18-/m1/s1. The summed E-state index contributed by atoms with van der Waals surface area (Å²) >= 11 is 0. The van der Waals surface area contributed by atoms with Gasteiger partial charge in [-0.1, -0.05) is 18.2 Å². The second kappa shape index (κ2) is 7.05. The molecule has 2 aromatic rings. The zero-order valence-electron chi connectivity index (χ0n) is 14.4. The maximum Gasteiger partial charge on any atom is 0.253 e. The highest BCUT2D eigenvalue weighted by Gasteiger charge is 2.25. The Morgan fingerprint density at radius 3 is 2.75 bits per heavy atom. The fraction of sp³-hybridized carbons (Fsp3) is 0.350. The minimum atomic E-state index is -0.0323. The Balaban J connectivity index is 1.85. The molecule has 3 rings (SSSR count). The lowest BCUT2D eigenvalue weighted by molar-refractivity contribution is 0.0640. The topological polar surface area (TPSA) is 38.8 Å². The summed E-state index contributed by atoms with van der Waals surface area (Å²) in [5.41, 5.74) is 3.05. The molecule has 24 heavy (non-hydrogen) atoms. The minimum Gasteiger partial charge on any atom is -0.457 e. The van der Waals surface area contributed by atoms with Crippen LogP contribution >= 0.6 is 0 Å². The van der Waals surface area contributed by atoms with E-state index in [0.29, 0.717) is 17.9 Å². The zero-order valence-corrected chi connectivity index (χ0v) is 14.4. The lowest BCUT2D eigenvalue weighted by atomic mass is 10.1. The van der Waals surface area contributed by atoms with Crippen molar-refractivity contribution in [2.24, 2.45) is 0 Å². The van der Waals surface area contributed by atoms with Gasteiger partial charge in [-0.25, -0.2) is 0 Å². The second-order valence-electron chi connectivity index (χ2n) is 6.14. The van der Waals surface area contributed by atoms with Crippen molar-refractivity contribution >= 4 is 5.91 Å². The summed E-state index contributed by atoms with van der Waals surface area (Å²) in [5, 5.41) is 0. The third-order valence-corrected chi connectivity index (χ3v) is 4.26. The molecule has 0 N–H and O–H groups in total. The van der Waals surface area contributed by atoms with Crippen molar-refractivity contribution in [3.05, 3.63) is 59.2 Å². The number of amides is 1. The van der Waals surface area contributed by atoms with Crippen molar-refractivity contribution in [2.75, 3.05) is 20.7 Å². The van der Waals surface area contributed by atoms with E-state index in [0.717, 1.165) is 18.6 Å². The Morgan fingerprint density at radius 2 is 2.00 bits per heavy atom. The van der Waals surface area contributed by atoms with E-state index in [1.807, 2.05) is 31.2 Å². The highest BCUT2D eigenvalue weighted by Crippen LogP contribution is 2.40. The van der Waals surface area contributed by atoms with Crippen LogP contribution in [0, 0.1) is 0 Å². The lowest BCUT2D eigenvalue weighted by Crippen LogP contribution is -2.21. The maximum atomic E-state index is 12.1. The van der Waals surface area contributed by atoms with E-state index >= 15 is 0 Å². The molecule has 0 spiro atoms. The highest BCUT2D eigenvalue weighted by molar-refractivity contribution is 5.94. The number of hydrogen-bond acceptors (Lipinski definition) is 3. The molecule has 1 amide bonds. The quantitative estimate of drug-likeness (QED) is 0.827. The number of carbonyl (C=O) groups excluding carboxylic acids is 1. The molecular formula is C20H23NO3. The van der Waals surface area contributed by atoms with E-state index in [-0.39, 0.29) is 12.0 Å². The second-order valence-corrected chi connectivity index (χ2v) is 6.14. The first-order valence-corrected chi connectivity index (χ1v) is 8.33. The first-order chi connectivity index (χ1) is 11.6. The highest BCUT2D eigenvalue weighted by atomic mass is 16.5. The van der Waals surface area contributed by atoms with Crippen LogP contribution in [0.1, 0.15) is 40.9 Å². The van der Waals surface area contributed by atoms with Crippen molar-refractivity contribution in [1.82, 2.24) is 4.90 Å². The van der Waals surface area contributed by atoms with Gasteiger partial charge < -0.3 is 14.4 Å². The molecule has 4 nitrogen and oxygen atoms in total. The monoisotopic (exact) mass is 325 g/mol. The number of ether oxygens (including phenoxy) is 2. The molecule has 0 heterocycles. The van der Waals surface area contributed by atoms with Crippen molar-refractivity contribution in [3.63, 3.8) is 0 Å². The van der Waals surface area contributed by atoms with Gasteiger partial charge in [0.05, 0.1) is 6.10 Å². The molecular weight excluding hydrogens is 302 g/mol. The SMILES string of the molecule is CCO[C@@H]1CCc2c(Oc3cccc(C(=O)N(C)C)c3)cccc21. The van der Waals surface area contributed by atoms with E-state index in [2.05, 4.69) is 6.07 Å². The molecule has 0 unspecified atom stereocenters. The van der Waals surface area contributed by atoms with Gasteiger partial charge in [-0.05, 0) is 49.6 Å². The van der Waals surface area contributed by atoms with E-state index < -0.39 is 0 Å². The van der Waals surface area contributed by atoms with Crippen molar-refractivity contribution in [3.8, 4) is 11.5 Å². The van der Waals surface area contributed by atoms with Gasteiger partial charge in [0, 0.05) is 31.8 Å². The Labute approximate surface area is 143 Å². The molecule has 0 bridgehead atoms. The zero-order chi connectivity index (χ0) is 17.1. The predicted octanol–water partition coefficient (Wildman–Crippen LogP) is 4.20. The van der Waals surface area contributed by atoms with Gasteiger partial charge >= 0.3 is 0 Å². The average molecular weight is 325 g/mol. The smallest absolute Gasteiger partial charge is 0.253 e. The summed E-state index contributed by atoms with van der Waals surface area (Å²) in [5.74, 6) is 1.50. The Kier molecular flexibility index (Phi) is 4.86. The van der Waals surface area contributed by atoms with E-state index in [4.69, 9.17) is 9.47 Å². The van der Waals surface area contributed by atoms with Crippen LogP contribution in [0.15, 0.2) is 42.5 Å². The summed E-state index contributed by atoms with van der Waals surface area (Å²) in [6.07, 6.45) is 2.10. The van der Waals surface area contributed by atoms with Crippen molar-refractivity contribution in [2.45, 2.75) is 25.9 Å². The molecule has 4 heteroatoms. The van der Waals surface area contributed by atoms with Crippen LogP contribution in [0.2, 0.25) is 0 Å². The molecule has 0 aromatic heterocycles. The first-order valence-electron chi connectivity index (χ1n) is 8.33. The van der Waals surface area contributed by atoms with E-state index in [9.17, 15) is 4.79 Å². The van der Waals surface area contributed by atoms with Crippen LogP contribution in [-0.2, 0) is 11.2 Å². The normalized spacial score (nSPS) is 15.9. The van der Waals surface area contributed by atoms with Crippen LogP contribution < -0.4 is 4.74 Å². The molecule has 0 fully saturated rings. The van der Waals surface area contributed by atoms with Gasteiger partial charge in [-0.2, -0.15) is 0 Å². The molecule has 0 saturated carbocycles. The molecule has 2 aromatic carbocycles. The molecule has 1 atom stereocenters. The Morgan fingerprint density at radius 1 is 1.21 bits per heavy atom. The average Bonchev–Trinajstić information content (AvgIpc) is 2.99. The fourth-order valence-corrected chi connectivity index (χ4v) is 3.13. The number of benzene rings is 2. The third kappa shape index (κ3) is 3.29.